The first-order valence-electron chi connectivity index (χ1n) is 8.90. The van der Waals surface area contributed by atoms with Crippen molar-refractivity contribution in [1.29, 1.82) is 5.26 Å². The van der Waals surface area contributed by atoms with E-state index in [2.05, 4.69) is 5.32 Å². The lowest BCUT2D eigenvalue weighted by atomic mass is 9.85. The molecule has 9 heteroatoms. The molecule has 0 saturated carbocycles. The van der Waals surface area contributed by atoms with Gasteiger partial charge in [0.05, 0.1) is 23.8 Å². The van der Waals surface area contributed by atoms with E-state index in [9.17, 15) is 19.2 Å². The molecule has 0 aromatic carbocycles. The lowest BCUT2D eigenvalue weighted by molar-refractivity contribution is -0.154. The molecule has 1 aromatic rings. The van der Waals surface area contributed by atoms with Gasteiger partial charge in [0, 0.05) is 6.54 Å². The summed E-state index contributed by atoms with van der Waals surface area (Å²) in [6.07, 6.45) is 3.63. The van der Waals surface area contributed by atoms with Gasteiger partial charge in [-0.15, -0.1) is 11.3 Å². The summed E-state index contributed by atoms with van der Waals surface area (Å²) in [5, 5.41) is 13.6. The summed E-state index contributed by atoms with van der Waals surface area (Å²) in [4.78, 5) is 50.0. The Morgan fingerprint density at radius 2 is 1.96 bits per heavy atom. The second kappa shape index (κ2) is 8.35. The number of anilines is 1. The van der Waals surface area contributed by atoms with Gasteiger partial charge in [0.2, 0.25) is 11.8 Å². The van der Waals surface area contributed by atoms with Crippen molar-refractivity contribution in [3.05, 3.63) is 29.2 Å². The van der Waals surface area contributed by atoms with Gasteiger partial charge in [-0.25, -0.2) is 0 Å². The average molecular weight is 401 g/mol. The Hall–Kier alpha value is -2.99. The molecule has 0 radical (unpaired) electrons. The van der Waals surface area contributed by atoms with Crippen LogP contribution in [-0.4, -0.2) is 41.2 Å². The highest BCUT2D eigenvalue weighted by Crippen LogP contribution is 2.35. The summed E-state index contributed by atoms with van der Waals surface area (Å²) in [7, 11) is 0. The van der Waals surface area contributed by atoms with E-state index in [1.807, 2.05) is 18.2 Å². The molecule has 1 aliphatic carbocycles. The minimum absolute atomic E-state index is 0.0542. The lowest BCUT2D eigenvalue weighted by Gasteiger charge is -2.16. The summed E-state index contributed by atoms with van der Waals surface area (Å²) in [6, 6.07) is 3.53. The van der Waals surface area contributed by atoms with E-state index in [1.54, 1.807) is 11.4 Å². The van der Waals surface area contributed by atoms with Gasteiger partial charge in [-0.2, -0.15) is 5.26 Å². The van der Waals surface area contributed by atoms with Crippen LogP contribution < -0.4 is 5.32 Å². The van der Waals surface area contributed by atoms with Gasteiger partial charge in [0.1, 0.15) is 11.1 Å². The highest BCUT2D eigenvalue weighted by molar-refractivity contribution is 7.14. The highest BCUT2D eigenvalue weighted by Gasteiger charge is 2.47. The smallest absolute Gasteiger partial charge is 0.308 e. The number of amides is 3. The van der Waals surface area contributed by atoms with E-state index < -0.39 is 18.0 Å². The number of esters is 1. The molecule has 3 atom stereocenters. The molecule has 2 heterocycles. The first kappa shape index (κ1) is 19.8. The van der Waals surface area contributed by atoms with Crippen molar-refractivity contribution in [2.45, 2.75) is 32.3 Å². The van der Waals surface area contributed by atoms with Crippen molar-refractivity contribution in [3.63, 3.8) is 0 Å². The number of nitriles is 1. The Labute approximate surface area is 165 Å². The van der Waals surface area contributed by atoms with Gasteiger partial charge in [-0.1, -0.05) is 12.2 Å². The normalized spacial score (nSPS) is 21.8. The number of nitrogens with zero attached hydrogens (tertiary/aromatic N) is 2. The fraction of sp³-hybridized carbons (Fsp3) is 0.421. The minimum Gasteiger partial charge on any atom is -0.452 e. The topological polar surface area (TPSA) is 117 Å². The minimum atomic E-state index is -1.07. The number of likely N-dealkylation sites (tertiary alicyclic amines) is 1. The third-order valence-corrected chi connectivity index (χ3v) is 5.67. The van der Waals surface area contributed by atoms with Crippen LogP contribution in [-0.2, 0) is 23.9 Å². The number of imide groups is 1. The molecule has 0 bridgehead atoms. The third-order valence-electron chi connectivity index (χ3n) is 4.84. The first-order valence-corrected chi connectivity index (χ1v) is 9.78. The number of carbonyl (C=O) groups is 4. The summed E-state index contributed by atoms with van der Waals surface area (Å²) in [5.74, 6) is -2.41. The van der Waals surface area contributed by atoms with Gasteiger partial charge in [0.15, 0.2) is 6.10 Å². The molecule has 0 unspecified atom stereocenters. The molecule has 146 valence electrons. The zero-order valence-electron chi connectivity index (χ0n) is 15.2. The fourth-order valence-electron chi connectivity index (χ4n) is 3.31. The Morgan fingerprint density at radius 3 is 2.57 bits per heavy atom. The summed E-state index contributed by atoms with van der Waals surface area (Å²) < 4.78 is 5.09. The predicted octanol–water partition coefficient (Wildman–Crippen LogP) is 1.83. The van der Waals surface area contributed by atoms with Crippen LogP contribution in [0.15, 0.2) is 23.6 Å². The fourth-order valence-corrected chi connectivity index (χ4v) is 4.05. The molecule has 3 rings (SSSR count). The second-order valence-corrected chi connectivity index (χ2v) is 7.55. The van der Waals surface area contributed by atoms with Gasteiger partial charge in [-0.05, 0) is 31.2 Å². The van der Waals surface area contributed by atoms with E-state index in [0.29, 0.717) is 23.4 Å². The molecule has 1 aliphatic heterocycles. The zero-order valence-corrected chi connectivity index (χ0v) is 16.0. The van der Waals surface area contributed by atoms with Crippen LogP contribution in [0.2, 0.25) is 0 Å². The first-order chi connectivity index (χ1) is 13.4. The Balaban J connectivity index is 1.49. The Morgan fingerprint density at radius 1 is 1.32 bits per heavy atom. The number of hydrogen-bond donors (Lipinski definition) is 1. The molecule has 1 aromatic heterocycles. The van der Waals surface area contributed by atoms with Gasteiger partial charge in [0.25, 0.3) is 5.91 Å². The van der Waals surface area contributed by atoms with Crippen LogP contribution in [0.4, 0.5) is 5.00 Å². The third kappa shape index (κ3) is 3.97. The van der Waals surface area contributed by atoms with E-state index in [-0.39, 0.29) is 36.6 Å². The molecular weight excluding hydrogens is 382 g/mol. The maximum Gasteiger partial charge on any atom is 0.308 e. The number of carbonyl (C=O) groups excluding carboxylic acids is 4. The predicted molar refractivity (Wildman–Crippen MR) is 99.9 cm³/mol. The van der Waals surface area contributed by atoms with Crippen molar-refractivity contribution in [1.82, 2.24) is 4.90 Å². The Kier molecular flexibility index (Phi) is 5.90. The molecule has 1 N–H and O–H groups in total. The molecule has 1 fully saturated rings. The van der Waals surface area contributed by atoms with Crippen molar-refractivity contribution in [3.8, 4) is 6.07 Å². The lowest BCUT2D eigenvalue weighted by Crippen LogP contribution is -2.35. The Bertz CT molecular complexity index is 858. The summed E-state index contributed by atoms with van der Waals surface area (Å²) >= 11 is 1.19. The number of thiophene rings is 1. The molecule has 28 heavy (non-hydrogen) atoms. The summed E-state index contributed by atoms with van der Waals surface area (Å²) in [6.45, 7) is 1.36. The van der Waals surface area contributed by atoms with Crippen LogP contribution in [0.3, 0.4) is 0 Å². The van der Waals surface area contributed by atoms with Crippen LogP contribution in [0, 0.1) is 23.2 Å². The standard InChI is InChI=1S/C19H19N3O5S/c1-11(16(24)21-17-12(10-20)7-9-28-17)27-15(23)6-8-22-18(25)13-4-2-3-5-14(13)19(22)26/h2-3,7,9,11,13-14H,4-6,8H2,1H3,(H,21,24)/t11-,13-,14+/m0/s1. The molecule has 0 spiro atoms. The zero-order chi connectivity index (χ0) is 20.3. The quantitative estimate of drug-likeness (QED) is 0.442. The van der Waals surface area contributed by atoms with E-state index in [1.165, 1.54) is 18.3 Å². The highest BCUT2D eigenvalue weighted by atomic mass is 32.1. The van der Waals surface area contributed by atoms with E-state index >= 15 is 0 Å². The number of hydrogen-bond acceptors (Lipinski definition) is 7. The van der Waals surface area contributed by atoms with Gasteiger partial charge in [-0.3, -0.25) is 24.1 Å². The number of allylic oxidation sites excluding steroid dienone is 2. The summed E-state index contributed by atoms with van der Waals surface area (Å²) in [5.41, 5.74) is 0.332. The molecule has 8 nitrogen and oxygen atoms in total. The van der Waals surface area contributed by atoms with Gasteiger partial charge < -0.3 is 10.1 Å². The number of ether oxygens (including phenoxy) is 1. The van der Waals surface area contributed by atoms with Crippen molar-refractivity contribution in [2.24, 2.45) is 11.8 Å². The number of nitrogens with one attached hydrogen (secondary N) is 1. The monoisotopic (exact) mass is 401 g/mol. The molecule has 1 saturated heterocycles. The second-order valence-electron chi connectivity index (χ2n) is 6.63. The largest absolute Gasteiger partial charge is 0.452 e. The maximum atomic E-state index is 12.4. The van der Waals surface area contributed by atoms with Crippen molar-refractivity contribution < 1.29 is 23.9 Å². The van der Waals surface area contributed by atoms with Crippen LogP contribution >= 0.6 is 11.3 Å². The van der Waals surface area contributed by atoms with Crippen LogP contribution in [0.5, 0.6) is 0 Å². The number of rotatable bonds is 6. The number of fused-ring (bicyclic) bond motifs is 1. The molecule has 3 amide bonds. The molecule has 2 aliphatic rings. The van der Waals surface area contributed by atoms with Gasteiger partial charge >= 0.3 is 5.97 Å². The van der Waals surface area contributed by atoms with E-state index in [4.69, 9.17) is 10.00 Å². The van der Waals surface area contributed by atoms with Crippen molar-refractivity contribution in [2.75, 3.05) is 11.9 Å². The van der Waals surface area contributed by atoms with Crippen molar-refractivity contribution >= 4 is 40.0 Å². The average Bonchev–Trinajstić information content (AvgIpc) is 3.23. The molecular formula is C19H19N3O5S. The maximum absolute atomic E-state index is 12.4. The van der Waals surface area contributed by atoms with Crippen LogP contribution in [0.25, 0.3) is 0 Å². The van der Waals surface area contributed by atoms with Crippen LogP contribution in [0.1, 0.15) is 31.7 Å². The van der Waals surface area contributed by atoms with E-state index in [0.717, 1.165) is 4.90 Å². The SMILES string of the molecule is C[C@H](OC(=O)CCN1C(=O)[C@H]2CC=CC[C@H]2C1=O)C(=O)Nc1sccc1C#N.